The summed E-state index contributed by atoms with van der Waals surface area (Å²) >= 11 is 0. The predicted octanol–water partition coefficient (Wildman–Crippen LogP) is 2.47. The van der Waals surface area contributed by atoms with E-state index in [4.69, 9.17) is 9.26 Å². The molecule has 4 rings (SSSR count). The van der Waals surface area contributed by atoms with E-state index < -0.39 is 0 Å². The number of methoxy groups -OCH3 is 1. The summed E-state index contributed by atoms with van der Waals surface area (Å²) in [6.45, 7) is 8.60. The van der Waals surface area contributed by atoms with E-state index in [9.17, 15) is 0 Å². The highest BCUT2D eigenvalue weighted by molar-refractivity contribution is 5.86. The van der Waals surface area contributed by atoms with Crippen LogP contribution in [0.1, 0.15) is 31.5 Å². The Labute approximate surface area is 158 Å². The molecule has 0 radical (unpaired) electrons. The molecule has 8 nitrogen and oxygen atoms in total. The number of fused-ring (bicyclic) bond motifs is 1. The highest BCUT2D eigenvalue weighted by atomic mass is 16.5. The van der Waals surface area contributed by atoms with Gasteiger partial charge in [-0.15, -0.1) is 0 Å². The monoisotopic (exact) mass is 368 g/mol. The molecule has 0 spiro atoms. The van der Waals surface area contributed by atoms with Crippen molar-refractivity contribution in [2.45, 2.75) is 26.3 Å². The van der Waals surface area contributed by atoms with E-state index in [0.717, 1.165) is 48.6 Å². The van der Waals surface area contributed by atoms with Gasteiger partial charge in [-0.3, -0.25) is 4.90 Å². The number of anilines is 1. The number of nitrogens with zero attached hydrogens (tertiary/aromatic N) is 6. The van der Waals surface area contributed by atoms with Crippen molar-refractivity contribution in [3.05, 3.63) is 36.2 Å². The average molecular weight is 368 g/mol. The Bertz CT molecular complexity index is 917. The second-order valence-corrected chi connectivity index (χ2v) is 7.05. The molecule has 0 amide bonds. The van der Waals surface area contributed by atoms with Crippen LogP contribution < -0.4 is 9.64 Å². The van der Waals surface area contributed by atoms with E-state index in [0.29, 0.717) is 18.3 Å². The van der Waals surface area contributed by atoms with E-state index in [2.05, 4.69) is 55.9 Å². The fourth-order valence-corrected chi connectivity index (χ4v) is 3.30. The molecular formula is C19H24N6O2. The van der Waals surface area contributed by atoms with Crippen molar-refractivity contribution in [3.63, 3.8) is 0 Å². The first-order chi connectivity index (χ1) is 13.1. The molecule has 3 heterocycles. The third kappa shape index (κ3) is 3.71. The molecule has 0 aliphatic carbocycles. The quantitative estimate of drug-likeness (QED) is 0.679. The Morgan fingerprint density at radius 1 is 1.15 bits per heavy atom. The Morgan fingerprint density at radius 3 is 2.67 bits per heavy atom. The summed E-state index contributed by atoms with van der Waals surface area (Å²) in [5.41, 5.74) is 2.05. The minimum atomic E-state index is 0.285. The van der Waals surface area contributed by atoms with Crippen LogP contribution in [0.25, 0.3) is 10.9 Å². The first-order valence-electron chi connectivity index (χ1n) is 9.22. The molecule has 2 aromatic heterocycles. The van der Waals surface area contributed by atoms with Gasteiger partial charge in [0.1, 0.15) is 6.33 Å². The van der Waals surface area contributed by atoms with E-state index in [1.54, 1.807) is 7.11 Å². The van der Waals surface area contributed by atoms with Gasteiger partial charge < -0.3 is 14.2 Å². The lowest BCUT2D eigenvalue weighted by Crippen LogP contribution is -2.46. The van der Waals surface area contributed by atoms with Gasteiger partial charge in [0.15, 0.2) is 5.82 Å². The summed E-state index contributed by atoms with van der Waals surface area (Å²) in [6, 6.07) is 6.24. The summed E-state index contributed by atoms with van der Waals surface area (Å²) in [6.07, 6.45) is 1.53. The SMILES string of the molecule is COc1ncnc2ccc(N3CCN(Cc4nc(C(C)C)no4)CC3)cc12. The van der Waals surface area contributed by atoms with Crippen LogP contribution in [0.15, 0.2) is 29.0 Å². The molecule has 0 unspecified atom stereocenters. The van der Waals surface area contributed by atoms with E-state index in [1.807, 2.05) is 6.07 Å². The Kier molecular flexibility index (Phi) is 4.89. The van der Waals surface area contributed by atoms with Crippen LogP contribution in [0.3, 0.4) is 0 Å². The van der Waals surface area contributed by atoms with Crippen molar-refractivity contribution >= 4 is 16.6 Å². The summed E-state index contributed by atoms with van der Waals surface area (Å²) in [4.78, 5) is 17.7. The van der Waals surface area contributed by atoms with Crippen molar-refractivity contribution in [1.82, 2.24) is 25.0 Å². The minimum absolute atomic E-state index is 0.285. The van der Waals surface area contributed by atoms with Crippen molar-refractivity contribution in [1.29, 1.82) is 0 Å². The molecule has 1 fully saturated rings. The molecule has 0 N–H and O–H groups in total. The third-order valence-electron chi connectivity index (χ3n) is 4.87. The molecule has 142 valence electrons. The van der Waals surface area contributed by atoms with E-state index in [-0.39, 0.29) is 5.92 Å². The fraction of sp³-hybridized carbons (Fsp3) is 0.474. The van der Waals surface area contributed by atoms with Crippen LogP contribution >= 0.6 is 0 Å². The smallest absolute Gasteiger partial charge is 0.240 e. The zero-order valence-electron chi connectivity index (χ0n) is 15.9. The van der Waals surface area contributed by atoms with Crippen LogP contribution in [0.4, 0.5) is 5.69 Å². The number of aromatic nitrogens is 4. The Morgan fingerprint density at radius 2 is 1.96 bits per heavy atom. The summed E-state index contributed by atoms with van der Waals surface area (Å²) in [7, 11) is 1.63. The fourth-order valence-electron chi connectivity index (χ4n) is 3.30. The predicted molar refractivity (Wildman–Crippen MR) is 102 cm³/mol. The second kappa shape index (κ2) is 7.48. The molecule has 1 aromatic carbocycles. The van der Waals surface area contributed by atoms with Gasteiger partial charge in [0.25, 0.3) is 0 Å². The maximum absolute atomic E-state index is 5.37. The van der Waals surface area contributed by atoms with Crippen LogP contribution in [0, 0.1) is 0 Å². The van der Waals surface area contributed by atoms with Crippen LogP contribution in [0.5, 0.6) is 5.88 Å². The number of rotatable bonds is 5. The molecule has 1 aliphatic heterocycles. The number of benzene rings is 1. The molecule has 0 saturated carbocycles. The first-order valence-corrected chi connectivity index (χ1v) is 9.22. The number of hydrogen-bond acceptors (Lipinski definition) is 8. The van der Waals surface area contributed by atoms with E-state index >= 15 is 0 Å². The standard InChI is InChI=1S/C19H24N6O2/c1-13(2)18-22-17(27-23-18)11-24-6-8-25(9-7-24)14-4-5-16-15(10-14)19(26-3)21-12-20-16/h4-5,10,12-13H,6-9,11H2,1-3H3. The lowest BCUT2D eigenvalue weighted by Gasteiger charge is -2.35. The normalized spacial score (nSPS) is 15.6. The van der Waals surface area contributed by atoms with Gasteiger partial charge in [-0.25, -0.2) is 9.97 Å². The summed E-state index contributed by atoms with van der Waals surface area (Å²) in [5.74, 6) is 2.36. The van der Waals surface area contributed by atoms with Gasteiger partial charge in [-0.05, 0) is 18.2 Å². The number of ether oxygens (including phenoxy) is 1. The number of hydrogen-bond donors (Lipinski definition) is 0. The van der Waals surface area contributed by atoms with Gasteiger partial charge in [-0.2, -0.15) is 4.98 Å². The first kappa shape index (κ1) is 17.7. The molecule has 0 bridgehead atoms. The largest absolute Gasteiger partial charge is 0.480 e. The van der Waals surface area contributed by atoms with Crippen LogP contribution in [-0.4, -0.2) is 58.3 Å². The van der Waals surface area contributed by atoms with Crippen molar-refractivity contribution in [2.75, 3.05) is 38.2 Å². The molecule has 1 aliphatic rings. The second-order valence-electron chi connectivity index (χ2n) is 7.05. The van der Waals surface area contributed by atoms with Gasteiger partial charge in [0.05, 0.1) is 24.6 Å². The Hall–Kier alpha value is -2.74. The molecular weight excluding hydrogens is 344 g/mol. The molecule has 8 heteroatoms. The van der Waals surface area contributed by atoms with Gasteiger partial charge in [0.2, 0.25) is 11.8 Å². The number of piperazine rings is 1. The topological polar surface area (TPSA) is 80.4 Å². The molecule has 0 atom stereocenters. The zero-order chi connectivity index (χ0) is 18.8. The Balaban J connectivity index is 1.42. The van der Waals surface area contributed by atoms with E-state index in [1.165, 1.54) is 6.33 Å². The lowest BCUT2D eigenvalue weighted by atomic mass is 10.2. The van der Waals surface area contributed by atoms with Crippen molar-refractivity contribution in [3.8, 4) is 5.88 Å². The van der Waals surface area contributed by atoms with Gasteiger partial charge in [0, 0.05) is 37.8 Å². The maximum atomic E-state index is 5.37. The van der Waals surface area contributed by atoms with Crippen LogP contribution in [0.2, 0.25) is 0 Å². The van der Waals surface area contributed by atoms with Crippen molar-refractivity contribution < 1.29 is 9.26 Å². The molecule has 27 heavy (non-hydrogen) atoms. The molecule has 1 saturated heterocycles. The van der Waals surface area contributed by atoms with Crippen molar-refractivity contribution in [2.24, 2.45) is 0 Å². The minimum Gasteiger partial charge on any atom is -0.480 e. The van der Waals surface area contributed by atoms with Gasteiger partial charge in [-0.1, -0.05) is 19.0 Å². The summed E-state index contributed by atoms with van der Waals surface area (Å²) in [5, 5.41) is 4.98. The highest BCUT2D eigenvalue weighted by Gasteiger charge is 2.20. The lowest BCUT2D eigenvalue weighted by molar-refractivity contribution is 0.215. The van der Waals surface area contributed by atoms with Gasteiger partial charge >= 0.3 is 0 Å². The summed E-state index contributed by atoms with van der Waals surface area (Å²) < 4.78 is 10.7. The average Bonchev–Trinajstić information content (AvgIpc) is 3.16. The third-order valence-corrected chi connectivity index (χ3v) is 4.87. The highest BCUT2D eigenvalue weighted by Crippen LogP contribution is 2.27. The zero-order valence-corrected chi connectivity index (χ0v) is 15.9. The maximum Gasteiger partial charge on any atom is 0.240 e. The molecule has 3 aromatic rings. The van der Waals surface area contributed by atoms with Crippen LogP contribution in [-0.2, 0) is 6.54 Å².